The molecule has 2 heterocycles. The summed E-state index contributed by atoms with van der Waals surface area (Å²) < 4.78 is 7.26. The highest BCUT2D eigenvalue weighted by Gasteiger charge is 2.20. The third-order valence-corrected chi connectivity index (χ3v) is 5.28. The summed E-state index contributed by atoms with van der Waals surface area (Å²) in [5.74, 6) is 1.36. The van der Waals surface area contributed by atoms with E-state index in [4.69, 9.17) is 4.52 Å². The molecular weight excluding hydrogens is 400 g/mol. The van der Waals surface area contributed by atoms with E-state index in [1.807, 2.05) is 73.0 Å². The lowest BCUT2D eigenvalue weighted by atomic mass is 10.2. The molecule has 8 nitrogen and oxygen atoms in total. The van der Waals surface area contributed by atoms with Gasteiger partial charge in [-0.05, 0) is 31.5 Å². The van der Waals surface area contributed by atoms with Gasteiger partial charge in [-0.3, -0.25) is 9.36 Å². The second-order valence-corrected chi connectivity index (χ2v) is 7.49. The Hall–Kier alpha value is -3.46. The number of hydrogen-bond donors (Lipinski definition) is 1. The normalized spacial score (nSPS) is 10.9. The molecule has 2 aromatic heterocycles. The molecule has 0 saturated heterocycles. The van der Waals surface area contributed by atoms with E-state index >= 15 is 0 Å². The first-order valence-electron chi connectivity index (χ1n) is 9.46. The fraction of sp³-hybridized carbons (Fsp3) is 0.190. The van der Waals surface area contributed by atoms with Gasteiger partial charge in [-0.1, -0.05) is 59.4 Å². The summed E-state index contributed by atoms with van der Waals surface area (Å²) in [4.78, 5) is 16.7. The van der Waals surface area contributed by atoms with Crippen molar-refractivity contribution in [3.63, 3.8) is 0 Å². The summed E-state index contributed by atoms with van der Waals surface area (Å²) in [7, 11) is 0. The maximum Gasteiger partial charge on any atom is 0.296 e. The lowest BCUT2D eigenvalue weighted by Crippen LogP contribution is -2.14. The molecule has 0 atom stereocenters. The van der Waals surface area contributed by atoms with Crippen LogP contribution in [0.5, 0.6) is 0 Å². The van der Waals surface area contributed by atoms with Crippen molar-refractivity contribution in [1.29, 1.82) is 0 Å². The standard InChI is InChI=1S/C21H20N6O2S/c1-3-27-19(20-23-18(26-29-20)15-9-5-4-6-10-15)24-25-21(27)30-13-17(28)22-16-11-7-8-14(2)12-16/h4-12H,3,13H2,1-2H3,(H,22,28). The van der Waals surface area contributed by atoms with Crippen molar-refractivity contribution in [2.45, 2.75) is 25.5 Å². The lowest BCUT2D eigenvalue weighted by molar-refractivity contribution is -0.113. The Kier molecular flexibility index (Phi) is 5.89. The van der Waals surface area contributed by atoms with E-state index in [0.29, 0.717) is 29.2 Å². The Balaban J connectivity index is 1.46. The highest BCUT2D eigenvalue weighted by molar-refractivity contribution is 7.99. The summed E-state index contributed by atoms with van der Waals surface area (Å²) >= 11 is 1.31. The van der Waals surface area contributed by atoms with Gasteiger partial charge in [0.2, 0.25) is 17.6 Å². The molecule has 1 N–H and O–H groups in total. The molecule has 0 saturated carbocycles. The topological polar surface area (TPSA) is 98.7 Å². The number of rotatable bonds is 7. The van der Waals surface area contributed by atoms with E-state index in [1.54, 1.807) is 0 Å². The molecule has 0 bridgehead atoms. The number of carbonyl (C=O) groups excluding carboxylic acids is 1. The van der Waals surface area contributed by atoms with Gasteiger partial charge in [0.25, 0.3) is 5.89 Å². The summed E-state index contributed by atoms with van der Waals surface area (Å²) in [5.41, 5.74) is 2.72. The summed E-state index contributed by atoms with van der Waals surface area (Å²) in [6.45, 7) is 4.56. The van der Waals surface area contributed by atoms with Crippen LogP contribution < -0.4 is 5.32 Å². The molecule has 4 rings (SSSR count). The van der Waals surface area contributed by atoms with Gasteiger partial charge >= 0.3 is 0 Å². The van der Waals surface area contributed by atoms with Crippen molar-refractivity contribution in [3.8, 4) is 23.1 Å². The Morgan fingerprint density at radius 1 is 1.13 bits per heavy atom. The molecule has 0 radical (unpaired) electrons. The maximum absolute atomic E-state index is 12.3. The van der Waals surface area contributed by atoms with Crippen molar-refractivity contribution in [3.05, 3.63) is 60.2 Å². The molecule has 4 aromatic rings. The van der Waals surface area contributed by atoms with Gasteiger partial charge in [-0.25, -0.2) is 0 Å². The average molecular weight is 420 g/mol. The number of nitrogens with zero attached hydrogens (tertiary/aromatic N) is 5. The first-order chi connectivity index (χ1) is 14.6. The molecule has 1 amide bonds. The van der Waals surface area contributed by atoms with Crippen LogP contribution in [-0.4, -0.2) is 36.6 Å². The number of thioether (sulfide) groups is 1. The van der Waals surface area contributed by atoms with Gasteiger partial charge in [-0.2, -0.15) is 4.98 Å². The highest BCUT2D eigenvalue weighted by atomic mass is 32.2. The Morgan fingerprint density at radius 2 is 1.97 bits per heavy atom. The van der Waals surface area contributed by atoms with Crippen LogP contribution in [-0.2, 0) is 11.3 Å². The van der Waals surface area contributed by atoms with Crippen LogP contribution in [0.1, 0.15) is 12.5 Å². The maximum atomic E-state index is 12.3. The molecule has 0 aliphatic rings. The molecule has 0 spiro atoms. The minimum atomic E-state index is -0.109. The zero-order chi connectivity index (χ0) is 20.9. The molecule has 0 aliphatic carbocycles. The number of nitrogens with one attached hydrogen (secondary N) is 1. The van der Waals surface area contributed by atoms with Crippen LogP contribution in [0.4, 0.5) is 5.69 Å². The summed E-state index contributed by atoms with van der Waals surface area (Å²) in [6, 6.07) is 17.3. The number of aromatic nitrogens is 5. The largest absolute Gasteiger partial charge is 0.330 e. The molecule has 0 fully saturated rings. The number of amides is 1. The fourth-order valence-corrected chi connectivity index (χ4v) is 3.71. The van der Waals surface area contributed by atoms with Crippen LogP contribution in [0.3, 0.4) is 0 Å². The van der Waals surface area contributed by atoms with Crippen LogP contribution in [0.25, 0.3) is 23.1 Å². The van der Waals surface area contributed by atoms with Crippen LogP contribution in [0.15, 0.2) is 64.3 Å². The van der Waals surface area contributed by atoms with Crippen LogP contribution in [0, 0.1) is 6.92 Å². The number of carbonyl (C=O) groups is 1. The third-order valence-electron chi connectivity index (χ3n) is 4.32. The predicted octanol–water partition coefficient (Wildman–Crippen LogP) is 4.05. The SMILES string of the molecule is CCn1c(SCC(=O)Nc2cccc(C)c2)nnc1-c1nc(-c2ccccc2)no1. The molecule has 30 heavy (non-hydrogen) atoms. The van der Waals surface area contributed by atoms with Crippen molar-refractivity contribution in [2.75, 3.05) is 11.1 Å². The first kappa shape index (κ1) is 19.8. The van der Waals surface area contributed by atoms with E-state index in [9.17, 15) is 4.79 Å². The minimum absolute atomic E-state index is 0.109. The van der Waals surface area contributed by atoms with Crippen LogP contribution in [0.2, 0.25) is 0 Å². The molecule has 0 aliphatic heterocycles. The Morgan fingerprint density at radius 3 is 2.73 bits per heavy atom. The molecule has 2 aromatic carbocycles. The molecular formula is C21H20N6O2S. The zero-order valence-corrected chi connectivity index (χ0v) is 17.4. The van der Waals surface area contributed by atoms with E-state index < -0.39 is 0 Å². The van der Waals surface area contributed by atoms with Crippen molar-refractivity contribution < 1.29 is 9.32 Å². The van der Waals surface area contributed by atoms with Crippen LogP contribution >= 0.6 is 11.8 Å². The predicted molar refractivity (Wildman–Crippen MR) is 115 cm³/mol. The smallest absolute Gasteiger partial charge is 0.296 e. The monoisotopic (exact) mass is 420 g/mol. The Bertz CT molecular complexity index is 1160. The van der Waals surface area contributed by atoms with Gasteiger partial charge in [0.05, 0.1) is 5.75 Å². The van der Waals surface area contributed by atoms with E-state index in [1.165, 1.54) is 11.8 Å². The molecule has 0 unspecified atom stereocenters. The van der Waals surface area contributed by atoms with Crippen molar-refractivity contribution in [1.82, 2.24) is 24.9 Å². The van der Waals surface area contributed by atoms with E-state index in [2.05, 4.69) is 25.7 Å². The highest BCUT2D eigenvalue weighted by Crippen LogP contribution is 2.25. The lowest BCUT2D eigenvalue weighted by Gasteiger charge is -2.07. The molecule has 9 heteroatoms. The average Bonchev–Trinajstić information content (AvgIpc) is 3.39. The van der Waals surface area contributed by atoms with Gasteiger partial charge in [-0.15, -0.1) is 10.2 Å². The minimum Gasteiger partial charge on any atom is -0.330 e. The van der Waals surface area contributed by atoms with Crippen molar-refractivity contribution >= 4 is 23.4 Å². The number of benzene rings is 2. The quantitative estimate of drug-likeness (QED) is 0.450. The van der Waals surface area contributed by atoms with E-state index in [0.717, 1.165) is 16.8 Å². The number of aryl methyl sites for hydroxylation is 1. The van der Waals surface area contributed by atoms with Crippen molar-refractivity contribution in [2.24, 2.45) is 0 Å². The van der Waals surface area contributed by atoms with Gasteiger partial charge in [0.15, 0.2) is 5.16 Å². The third kappa shape index (κ3) is 4.41. The van der Waals surface area contributed by atoms with Gasteiger partial charge < -0.3 is 9.84 Å². The summed E-state index contributed by atoms with van der Waals surface area (Å²) in [6.07, 6.45) is 0. The fourth-order valence-electron chi connectivity index (χ4n) is 2.91. The second-order valence-electron chi connectivity index (χ2n) is 6.55. The van der Waals surface area contributed by atoms with Gasteiger partial charge in [0.1, 0.15) is 0 Å². The number of hydrogen-bond acceptors (Lipinski definition) is 7. The van der Waals surface area contributed by atoms with E-state index in [-0.39, 0.29) is 11.7 Å². The zero-order valence-electron chi connectivity index (χ0n) is 16.6. The van der Waals surface area contributed by atoms with Gasteiger partial charge in [0, 0.05) is 17.8 Å². The summed E-state index contributed by atoms with van der Waals surface area (Å²) in [5, 5.41) is 16.0. The second kappa shape index (κ2) is 8.91. The first-order valence-corrected chi connectivity index (χ1v) is 10.4. The number of anilines is 1. The Labute approximate surface area is 177 Å². The molecule has 152 valence electrons.